The van der Waals surface area contributed by atoms with E-state index in [-0.39, 0.29) is 22.5 Å². The lowest BCUT2D eigenvalue weighted by atomic mass is 9.67. The van der Waals surface area contributed by atoms with Crippen LogP contribution in [0.2, 0.25) is 0 Å². The van der Waals surface area contributed by atoms with Crippen LogP contribution in [0, 0.1) is 11.6 Å². The van der Waals surface area contributed by atoms with Gasteiger partial charge in [-0.1, -0.05) is 310 Å². The Morgan fingerprint density at radius 3 is 0.884 bits per heavy atom. The molecule has 129 heavy (non-hydrogen) atoms. The molecule has 2 aliphatic rings. The quantitative estimate of drug-likeness (QED) is 0.0760. The van der Waals surface area contributed by atoms with E-state index in [0.717, 1.165) is 179 Å². The van der Waals surface area contributed by atoms with Crippen LogP contribution in [-0.4, -0.2) is 0 Å². The molecule has 0 spiro atoms. The van der Waals surface area contributed by atoms with Gasteiger partial charge in [-0.15, -0.1) is 0 Å². The van der Waals surface area contributed by atoms with Crippen molar-refractivity contribution >= 4 is 68.2 Å². The zero-order valence-corrected chi connectivity index (χ0v) is 72.7. The van der Waals surface area contributed by atoms with Gasteiger partial charge in [0.1, 0.15) is 45.8 Å². The molecule has 18 aromatic carbocycles. The molecule has 7 heteroatoms. The Balaban J connectivity index is 0.724. The minimum Gasteiger partial charge on any atom is -0.457 e. The standard InChI is InChI=1S/C122H92F2N2O3/c1-9-79-25-61-103(62-26-79)127-105-65-45-93(46-66-105)121(91-41-37-89(38-42-91)119(3,4)5)113-23-13-11-21-107(113)109-69-57-99(75-115(109)121)125(97-53-33-83(34-54-97)87-19-15-17-85(73-87)81-29-49-95(123)50-30-81)101-59-71-111-112-72-60-102(78-118(112)129-117(111)77-101)126(98-55-35-84(36-56-98)88-20-16-18-86(74-88)82-31-51-96(124)52-32-82)100-58-70-110-108-22-12-14-24-114(108)122(116(110)76-100,92-43-39-90(40-44-92)120(6,7)8)94-47-67-106(68-48-94)128-104-63-27-80(10-2)28-64-104/h9-78H,1-2H2,3-8H3. The smallest absolute Gasteiger partial charge is 0.137 e. The van der Waals surface area contributed by atoms with Gasteiger partial charge in [0.15, 0.2) is 0 Å². The van der Waals surface area contributed by atoms with Gasteiger partial charge in [0.25, 0.3) is 0 Å². The Morgan fingerprint density at radius 1 is 0.264 bits per heavy atom. The molecule has 1 aromatic heterocycles. The number of ether oxygens (including phenoxy) is 2. The fourth-order valence-corrected chi connectivity index (χ4v) is 19.6. The van der Waals surface area contributed by atoms with E-state index < -0.39 is 10.8 Å². The van der Waals surface area contributed by atoms with Crippen LogP contribution in [0.15, 0.2) is 430 Å². The summed E-state index contributed by atoms with van der Waals surface area (Å²) >= 11 is 0. The molecule has 2 unspecified atom stereocenters. The number of anilines is 6. The van der Waals surface area contributed by atoms with E-state index in [9.17, 15) is 8.78 Å². The molecular weight excluding hydrogens is 1580 g/mol. The van der Waals surface area contributed by atoms with Crippen LogP contribution < -0.4 is 19.3 Å². The summed E-state index contributed by atoms with van der Waals surface area (Å²) < 4.78 is 49.3. The Labute approximate surface area is 752 Å². The summed E-state index contributed by atoms with van der Waals surface area (Å²) in [4.78, 5) is 4.73. The summed E-state index contributed by atoms with van der Waals surface area (Å²) in [5.41, 5.74) is 31.6. The maximum Gasteiger partial charge on any atom is 0.137 e. The van der Waals surface area contributed by atoms with Crippen LogP contribution in [0.5, 0.6) is 23.0 Å². The van der Waals surface area contributed by atoms with Crippen molar-refractivity contribution in [3.8, 4) is 89.8 Å². The van der Waals surface area contributed by atoms with Gasteiger partial charge in [0, 0.05) is 57.0 Å². The first kappa shape index (κ1) is 80.4. The van der Waals surface area contributed by atoms with E-state index >= 15 is 0 Å². The molecule has 0 N–H and O–H groups in total. The lowest BCUT2D eigenvalue weighted by Crippen LogP contribution is -2.29. The number of nitrogens with zero attached hydrogens (tertiary/aromatic N) is 2. The maximum absolute atomic E-state index is 14.3. The summed E-state index contributed by atoms with van der Waals surface area (Å²) in [7, 11) is 0. The van der Waals surface area contributed by atoms with E-state index in [1.54, 1.807) is 0 Å². The van der Waals surface area contributed by atoms with Crippen LogP contribution in [0.3, 0.4) is 0 Å². The first-order valence-corrected chi connectivity index (χ1v) is 44.1. The lowest BCUT2D eigenvalue weighted by molar-refractivity contribution is 0.482. The third-order valence-corrected chi connectivity index (χ3v) is 26.2. The predicted octanol–water partition coefficient (Wildman–Crippen LogP) is 33.7. The van der Waals surface area contributed by atoms with Crippen LogP contribution >= 0.6 is 0 Å². The summed E-state index contributed by atoms with van der Waals surface area (Å²) in [6.45, 7) is 21.6. The molecule has 2 aliphatic carbocycles. The molecule has 21 rings (SSSR count). The highest BCUT2D eigenvalue weighted by atomic mass is 19.1. The van der Waals surface area contributed by atoms with Gasteiger partial charge in [-0.05, 0) is 302 Å². The molecule has 622 valence electrons. The van der Waals surface area contributed by atoms with Gasteiger partial charge in [0.2, 0.25) is 0 Å². The number of halogens is 2. The number of hydrogen-bond donors (Lipinski definition) is 0. The highest BCUT2D eigenvalue weighted by molar-refractivity contribution is 6.08. The Kier molecular flexibility index (Phi) is 20.2. The van der Waals surface area contributed by atoms with E-state index in [1.165, 1.54) is 57.6 Å². The fraction of sp³-hybridized carbons (Fsp3) is 0.0820. The van der Waals surface area contributed by atoms with Crippen molar-refractivity contribution in [2.45, 2.75) is 63.2 Å². The molecule has 0 fully saturated rings. The van der Waals surface area contributed by atoms with Crippen molar-refractivity contribution < 1.29 is 22.7 Å². The van der Waals surface area contributed by atoms with Gasteiger partial charge < -0.3 is 23.7 Å². The normalized spacial score (nSPS) is 14.3. The predicted molar refractivity (Wildman–Crippen MR) is 530 cm³/mol. The highest BCUT2D eigenvalue weighted by Gasteiger charge is 2.49. The fourth-order valence-electron chi connectivity index (χ4n) is 19.6. The summed E-state index contributed by atoms with van der Waals surface area (Å²) in [5, 5.41) is 1.94. The SMILES string of the molecule is C=Cc1ccc(Oc2ccc(C3(c4ccc(C(C)(C)C)cc4)c4ccccc4-c4ccc(N(c5ccc(-c6cccc(-c7ccc(F)cc7)c6)cc5)c5ccc6c(c5)oc5cc(N(c7ccc(-c8cccc(-c9ccc(F)cc9)c8)cc7)c7ccc8c(c7)C(c7ccc(Oc9ccc(C=C)cc9)cc7)(c7ccc(C(C)(C)C)cc7)c7ccccc7-8)ccc56)cc43)cc2)cc1. The number of fused-ring (bicyclic) bond motifs is 9. The van der Waals surface area contributed by atoms with Gasteiger partial charge in [-0.2, -0.15) is 0 Å². The number of hydrogen-bond acceptors (Lipinski definition) is 5. The molecule has 0 aliphatic heterocycles. The Bertz CT molecular complexity index is 7040. The molecule has 0 amide bonds. The average Bonchev–Trinajstić information content (AvgIpc) is 1.54. The Hall–Kier alpha value is -15.7. The number of furan rings is 1. The minimum absolute atomic E-state index is 0.0880. The third-order valence-electron chi connectivity index (χ3n) is 26.2. The number of benzene rings is 18. The molecule has 0 saturated carbocycles. The zero-order chi connectivity index (χ0) is 87.9. The van der Waals surface area contributed by atoms with Gasteiger partial charge in [-0.3, -0.25) is 0 Å². The largest absolute Gasteiger partial charge is 0.457 e. The van der Waals surface area contributed by atoms with E-state index in [0.29, 0.717) is 0 Å². The monoisotopic (exact) mass is 1670 g/mol. The summed E-state index contributed by atoms with van der Waals surface area (Å²) in [6, 6.07) is 145. The first-order chi connectivity index (χ1) is 62.8. The summed E-state index contributed by atoms with van der Waals surface area (Å²) in [5.74, 6) is 2.40. The maximum atomic E-state index is 14.3. The second-order valence-corrected chi connectivity index (χ2v) is 35.9. The van der Waals surface area contributed by atoms with Crippen molar-refractivity contribution in [2.24, 2.45) is 0 Å². The molecule has 2 atom stereocenters. The van der Waals surface area contributed by atoms with Crippen molar-refractivity contribution in [1.29, 1.82) is 0 Å². The lowest BCUT2D eigenvalue weighted by Gasteiger charge is -2.35. The van der Waals surface area contributed by atoms with Crippen molar-refractivity contribution in [1.82, 2.24) is 0 Å². The van der Waals surface area contributed by atoms with Gasteiger partial charge >= 0.3 is 0 Å². The third kappa shape index (κ3) is 14.6. The van der Waals surface area contributed by atoms with Crippen LogP contribution in [0.1, 0.15) is 108 Å². The molecule has 1 heterocycles. The van der Waals surface area contributed by atoms with Crippen molar-refractivity contribution in [2.75, 3.05) is 9.80 Å². The average molecular weight is 1670 g/mol. The first-order valence-electron chi connectivity index (χ1n) is 44.1. The summed E-state index contributed by atoms with van der Waals surface area (Å²) in [6.07, 6.45) is 3.68. The number of rotatable bonds is 20. The van der Waals surface area contributed by atoms with Crippen LogP contribution in [-0.2, 0) is 21.7 Å². The molecule has 19 aromatic rings. The van der Waals surface area contributed by atoms with Gasteiger partial charge in [-0.25, -0.2) is 8.78 Å². The molecule has 0 saturated heterocycles. The second-order valence-electron chi connectivity index (χ2n) is 35.9. The van der Waals surface area contributed by atoms with Crippen LogP contribution in [0.25, 0.3) is 101 Å². The van der Waals surface area contributed by atoms with Gasteiger partial charge in [0.05, 0.1) is 10.8 Å². The molecular formula is C122H92F2N2O3. The van der Waals surface area contributed by atoms with Crippen molar-refractivity contribution in [3.05, 3.63) is 504 Å². The zero-order valence-electron chi connectivity index (χ0n) is 72.7. The highest BCUT2D eigenvalue weighted by Crippen LogP contribution is 2.61. The van der Waals surface area contributed by atoms with Crippen LogP contribution in [0.4, 0.5) is 42.9 Å². The minimum atomic E-state index is -0.795. The van der Waals surface area contributed by atoms with E-state index in [1.807, 2.05) is 84.9 Å². The van der Waals surface area contributed by atoms with E-state index in [2.05, 4.69) is 380 Å². The van der Waals surface area contributed by atoms with Crippen molar-refractivity contribution in [3.63, 3.8) is 0 Å². The Morgan fingerprint density at radius 2 is 0.550 bits per heavy atom. The molecule has 0 radical (unpaired) electrons. The molecule has 5 nitrogen and oxygen atoms in total. The second kappa shape index (κ2) is 32.4. The van der Waals surface area contributed by atoms with E-state index in [4.69, 9.17) is 13.9 Å². The molecule has 0 bridgehead atoms. The topological polar surface area (TPSA) is 38.1 Å².